The van der Waals surface area contributed by atoms with Crippen molar-refractivity contribution in [3.8, 4) is 56.3 Å². The molecule has 0 saturated heterocycles. The minimum absolute atomic E-state index is 0.102. The number of rotatable bonds is 5. The standard InChI is InChI=1S/C25H27F3N.C25H30N.2C23H26N.C21H22N/c1-14-11-15(2)16(3)17(12-14)21-13-19-22-18(9-8-10-20(22)29(21)7)24(6,23(19,4)5)25(26,27)28;1-15-12-16(2)17(3)18(13-15)22-14-20-23-19(24(4,5)25(20,6)7)10-9-11-21(23)26(22)8;2*1-13-10-14(2)15(3)19(11-13)22-12-20-17(5)16(4)18-8-7-9-21(23(18)20)24(22)6;1-13-10-14(2)15(3)18(11-13)20-12-17-9-8-16-6-5-7-19(21(16)17)22(20)4/h8-13H,1-7H3;9-14H,1-8H3;2*7-12,16-17H,1-6H3;5-7,10-12H,8-9H2,1-4H3/q5*+1. The highest BCUT2D eigenvalue weighted by Crippen LogP contribution is 2.62. The lowest BCUT2D eigenvalue weighted by atomic mass is 9.64. The first-order valence-corrected chi connectivity index (χ1v) is 45.5. The average molecular weight is 1660 g/mol. The fraction of sp³-hybridized carbons (Fsp3) is 0.359. The lowest BCUT2D eigenvalue weighted by molar-refractivity contribution is -0.633. The van der Waals surface area contributed by atoms with Gasteiger partial charge in [-0.2, -0.15) is 36.0 Å². The Morgan fingerprint density at radius 3 is 0.880 bits per heavy atom. The van der Waals surface area contributed by atoms with Crippen LogP contribution in [0.15, 0.2) is 182 Å². The fourth-order valence-corrected chi connectivity index (χ4v) is 22.7. The zero-order valence-electron chi connectivity index (χ0n) is 80.4. The van der Waals surface area contributed by atoms with E-state index in [9.17, 15) is 13.2 Å². The Bertz CT molecular complexity index is 6920. The monoisotopic (exact) mass is 1660 g/mol. The minimum atomic E-state index is -4.35. The van der Waals surface area contributed by atoms with E-state index in [-0.39, 0.29) is 10.8 Å². The summed E-state index contributed by atoms with van der Waals surface area (Å²) >= 11 is 0. The normalized spacial score (nSPS) is 18.0. The number of benzene rings is 10. The van der Waals surface area contributed by atoms with Crippen LogP contribution in [0, 0.1) is 104 Å². The van der Waals surface area contributed by atoms with E-state index in [2.05, 4.69) is 363 Å². The highest BCUT2D eigenvalue weighted by Gasteiger charge is 2.66. The summed E-state index contributed by atoms with van der Waals surface area (Å²) in [5.41, 5.74) is 49.3. The molecule has 0 saturated carbocycles. The Labute approximate surface area is 742 Å². The van der Waals surface area contributed by atoms with Gasteiger partial charge in [-0.25, -0.2) is 0 Å². The maximum atomic E-state index is 14.4. The van der Waals surface area contributed by atoms with Gasteiger partial charge < -0.3 is 0 Å². The molecule has 0 fully saturated rings. The Hall–Kier alpha value is -11.0. The van der Waals surface area contributed by atoms with Gasteiger partial charge in [0.05, 0.1) is 32.3 Å². The van der Waals surface area contributed by atoms with Crippen molar-refractivity contribution in [2.24, 2.45) is 35.2 Å². The highest BCUT2D eigenvalue weighted by atomic mass is 19.4. The molecule has 5 atom stereocenters. The molecule has 5 aliphatic carbocycles. The van der Waals surface area contributed by atoms with Gasteiger partial charge in [-0.1, -0.05) is 188 Å². The summed E-state index contributed by atoms with van der Waals surface area (Å²) in [7, 11) is 10.8. The summed E-state index contributed by atoms with van der Waals surface area (Å²) in [5, 5.41) is 6.63. The summed E-state index contributed by atoms with van der Waals surface area (Å²) in [5.74, 6) is 2.35. The molecule has 8 heteroatoms. The Kier molecular flexibility index (Phi) is 21.9. The van der Waals surface area contributed by atoms with Gasteiger partial charge in [0.2, 0.25) is 56.1 Å². The van der Waals surface area contributed by atoms with Crippen LogP contribution < -0.4 is 22.8 Å². The molecule has 5 aromatic heterocycles. The predicted molar refractivity (Wildman–Crippen MR) is 517 cm³/mol. The average Bonchev–Trinajstić information content (AvgIpc) is 1.53. The zero-order valence-corrected chi connectivity index (χ0v) is 80.4. The second kappa shape index (κ2) is 31.3. The third-order valence-corrected chi connectivity index (χ3v) is 32.4. The second-order valence-corrected chi connectivity index (χ2v) is 40.3. The van der Waals surface area contributed by atoms with E-state index in [1.807, 2.05) is 23.7 Å². The van der Waals surface area contributed by atoms with Crippen molar-refractivity contribution in [3.63, 3.8) is 0 Å². The van der Waals surface area contributed by atoms with Crippen LogP contribution in [0.1, 0.15) is 239 Å². The molecule has 10 aromatic carbocycles. The van der Waals surface area contributed by atoms with E-state index >= 15 is 0 Å². The van der Waals surface area contributed by atoms with Gasteiger partial charge in [0.15, 0.2) is 0 Å². The molecule has 0 spiro atoms. The van der Waals surface area contributed by atoms with E-state index in [0.29, 0.717) is 29.2 Å². The maximum absolute atomic E-state index is 14.4. The van der Waals surface area contributed by atoms with E-state index in [1.54, 1.807) is 26.0 Å². The minimum Gasteiger partial charge on any atom is -0.194 e. The molecule has 0 bridgehead atoms. The molecule has 640 valence electrons. The number of aryl methyl sites for hydroxylation is 17. The van der Waals surface area contributed by atoms with Crippen molar-refractivity contribution in [1.82, 2.24) is 0 Å². The van der Waals surface area contributed by atoms with Gasteiger partial charge in [0.1, 0.15) is 35.2 Å². The fourth-order valence-electron chi connectivity index (χ4n) is 22.7. The molecule has 5 heterocycles. The number of pyridine rings is 5. The van der Waals surface area contributed by atoms with Crippen molar-refractivity contribution in [2.45, 2.75) is 244 Å². The van der Waals surface area contributed by atoms with Crippen LogP contribution in [-0.2, 0) is 69.7 Å². The Morgan fingerprint density at radius 2 is 0.528 bits per heavy atom. The van der Waals surface area contributed by atoms with Gasteiger partial charge in [-0.3, -0.25) is 0 Å². The quantitative estimate of drug-likeness (QED) is 0.153. The molecule has 5 unspecified atom stereocenters. The van der Waals surface area contributed by atoms with Gasteiger partial charge >= 0.3 is 6.18 Å². The van der Waals surface area contributed by atoms with Crippen LogP contribution in [0.2, 0.25) is 0 Å². The third kappa shape index (κ3) is 13.7. The predicted octanol–water partition coefficient (Wildman–Crippen LogP) is 27.5. The molecule has 20 rings (SSSR count). The largest absolute Gasteiger partial charge is 0.399 e. The van der Waals surface area contributed by atoms with Crippen LogP contribution >= 0.6 is 0 Å². The Balaban J connectivity index is 0.000000116. The summed E-state index contributed by atoms with van der Waals surface area (Å²) in [6.45, 7) is 56.7. The summed E-state index contributed by atoms with van der Waals surface area (Å²) in [6.07, 6.45) is -1.99. The summed E-state index contributed by atoms with van der Waals surface area (Å²) in [4.78, 5) is 0. The lowest BCUT2D eigenvalue weighted by Gasteiger charge is -2.41. The van der Waals surface area contributed by atoms with Gasteiger partial charge in [-0.15, -0.1) is 0 Å². The zero-order chi connectivity index (χ0) is 90.3. The number of alkyl halides is 3. The van der Waals surface area contributed by atoms with E-state index in [0.717, 1.165) is 38.9 Å². The highest BCUT2D eigenvalue weighted by molar-refractivity contribution is 5.95. The molecular formula is C117H131F3N5+5. The summed E-state index contributed by atoms with van der Waals surface area (Å²) < 4.78 is 54.8. The maximum Gasteiger partial charge on any atom is 0.399 e. The number of nitrogens with zero attached hydrogens (tertiary/aromatic N) is 5. The SMILES string of the molecule is Cc1cc(C)c(C)c(-c2cc3c4c(cccc4[n+]2C)C(C)(C(F)(F)F)C3(C)C)c1.Cc1cc(C)c(C)c(-c2cc3c4c(cccc4[n+]2C)C(C)(C)C3(C)C)c1.Cc1cc(C)c(C)c(-c2cc3c4c(cccc4[n+]2C)C(C)C3C)c1.Cc1cc(C)c(C)c(-c2cc3c4c(cccc4[n+]2C)C(C)C3C)c1.Cc1cc(C)c(C)c(-c2cc3c4c(cccc4[n+]2C)CC3)c1. The first-order valence-electron chi connectivity index (χ1n) is 45.5. The van der Waals surface area contributed by atoms with E-state index in [1.165, 1.54) is 225 Å². The van der Waals surface area contributed by atoms with Gasteiger partial charge in [0, 0.05) is 93.9 Å². The smallest absolute Gasteiger partial charge is 0.194 e. The van der Waals surface area contributed by atoms with Crippen LogP contribution in [0.3, 0.4) is 0 Å². The molecule has 0 amide bonds. The first-order chi connectivity index (χ1) is 58.7. The second-order valence-electron chi connectivity index (χ2n) is 40.3. The molecule has 5 nitrogen and oxygen atoms in total. The molecule has 0 aliphatic heterocycles. The molecule has 0 N–H and O–H groups in total. The van der Waals surface area contributed by atoms with Crippen LogP contribution in [0.25, 0.3) is 111 Å². The molecule has 125 heavy (non-hydrogen) atoms. The Morgan fingerprint density at radius 1 is 0.264 bits per heavy atom. The van der Waals surface area contributed by atoms with E-state index < -0.39 is 17.0 Å². The molecule has 0 radical (unpaired) electrons. The number of hydrogen-bond acceptors (Lipinski definition) is 0. The number of hydrogen-bond donors (Lipinski definition) is 0. The van der Waals surface area contributed by atoms with Crippen LogP contribution in [0.5, 0.6) is 0 Å². The van der Waals surface area contributed by atoms with Crippen molar-refractivity contribution in [1.29, 1.82) is 0 Å². The lowest BCUT2D eigenvalue weighted by Crippen LogP contribution is -2.50. The van der Waals surface area contributed by atoms with Crippen molar-refractivity contribution >= 4 is 54.5 Å². The third-order valence-electron chi connectivity index (χ3n) is 32.4. The van der Waals surface area contributed by atoms with E-state index in [4.69, 9.17) is 0 Å². The van der Waals surface area contributed by atoms with Crippen LogP contribution in [-0.4, -0.2) is 6.18 Å². The molecule has 5 aliphatic rings. The number of halogens is 3. The summed E-state index contributed by atoms with van der Waals surface area (Å²) in [6, 6.07) is 67.0. The molecular weight excluding hydrogens is 1530 g/mol. The van der Waals surface area contributed by atoms with Gasteiger partial charge in [0.25, 0.3) is 0 Å². The van der Waals surface area contributed by atoms with Crippen molar-refractivity contribution in [2.75, 3.05) is 0 Å². The van der Waals surface area contributed by atoms with Crippen LogP contribution in [0.4, 0.5) is 13.2 Å². The number of aromatic nitrogens is 5. The first kappa shape index (κ1) is 87.5. The van der Waals surface area contributed by atoms with Gasteiger partial charge in [-0.05, 0) is 300 Å². The van der Waals surface area contributed by atoms with Crippen molar-refractivity contribution in [3.05, 3.63) is 321 Å². The molecule has 15 aromatic rings. The van der Waals surface area contributed by atoms with Crippen molar-refractivity contribution < 1.29 is 36.0 Å². The topological polar surface area (TPSA) is 19.4 Å².